The molecule has 0 unspecified atom stereocenters. The smallest absolute Gasteiger partial charge is 0.311 e. The number of thiocarbonyl (C=S) groups is 1. The number of ether oxygens (including phenoxy) is 1. The minimum Gasteiger partial charge on any atom is -0.490 e. The standard InChI is InChI=1S/C18H14N2O4S2/c1-11-5-3-4-6-13(11)19-17(21)16(26-18(19)25)10-12-7-8-15(24-2)14(9-12)20(22)23/h3-10H,1-2H3. The molecular weight excluding hydrogens is 372 g/mol. The van der Waals surface area contributed by atoms with E-state index in [1.807, 2.05) is 31.2 Å². The number of methoxy groups -OCH3 is 1. The lowest BCUT2D eigenvalue weighted by Gasteiger charge is -2.16. The van der Waals surface area contributed by atoms with Crippen LogP contribution in [0.5, 0.6) is 5.75 Å². The lowest BCUT2D eigenvalue weighted by atomic mass is 10.1. The Morgan fingerprint density at radius 1 is 1.27 bits per heavy atom. The van der Waals surface area contributed by atoms with Crippen LogP contribution in [0.2, 0.25) is 0 Å². The number of nitro benzene ring substituents is 1. The number of para-hydroxylation sites is 1. The summed E-state index contributed by atoms with van der Waals surface area (Å²) >= 11 is 6.53. The molecule has 6 nitrogen and oxygen atoms in total. The number of thioether (sulfide) groups is 1. The maximum atomic E-state index is 12.8. The van der Waals surface area contributed by atoms with Crippen molar-refractivity contribution in [2.24, 2.45) is 0 Å². The molecule has 26 heavy (non-hydrogen) atoms. The Labute approximate surface area is 159 Å². The number of rotatable bonds is 4. The molecule has 0 atom stereocenters. The van der Waals surface area contributed by atoms with Crippen LogP contribution in [0, 0.1) is 17.0 Å². The SMILES string of the molecule is COc1ccc(C=C2SC(=S)N(c3ccccc3C)C2=O)cc1[N+](=O)[O-]. The predicted molar refractivity (Wildman–Crippen MR) is 106 cm³/mol. The van der Waals surface area contributed by atoms with Crippen molar-refractivity contribution in [1.29, 1.82) is 0 Å². The normalized spacial score (nSPS) is 15.6. The van der Waals surface area contributed by atoms with Crippen molar-refractivity contribution < 1.29 is 14.5 Å². The lowest BCUT2D eigenvalue weighted by molar-refractivity contribution is -0.385. The number of amides is 1. The van der Waals surface area contributed by atoms with Crippen LogP contribution in [0.15, 0.2) is 47.4 Å². The zero-order valence-electron chi connectivity index (χ0n) is 14.0. The van der Waals surface area contributed by atoms with Gasteiger partial charge in [-0.3, -0.25) is 19.8 Å². The van der Waals surface area contributed by atoms with Gasteiger partial charge in [0.05, 0.1) is 22.6 Å². The van der Waals surface area contributed by atoms with Gasteiger partial charge in [-0.2, -0.15) is 0 Å². The number of anilines is 1. The van der Waals surface area contributed by atoms with Crippen LogP contribution in [0.3, 0.4) is 0 Å². The topological polar surface area (TPSA) is 72.7 Å². The van der Waals surface area contributed by atoms with Crippen molar-refractivity contribution in [1.82, 2.24) is 0 Å². The molecule has 8 heteroatoms. The van der Waals surface area contributed by atoms with Crippen molar-refractivity contribution in [2.45, 2.75) is 6.92 Å². The van der Waals surface area contributed by atoms with Gasteiger partial charge in [0.2, 0.25) is 0 Å². The van der Waals surface area contributed by atoms with Gasteiger partial charge in [0.1, 0.15) is 0 Å². The fraction of sp³-hybridized carbons (Fsp3) is 0.111. The highest BCUT2D eigenvalue weighted by Gasteiger charge is 2.34. The van der Waals surface area contributed by atoms with Crippen LogP contribution in [0.25, 0.3) is 6.08 Å². The zero-order valence-corrected chi connectivity index (χ0v) is 15.6. The second-order valence-corrected chi connectivity index (χ2v) is 7.17. The molecule has 1 fully saturated rings. The van der Waals surface area contributed by atoms with Crippen molar-refractivity contribution in [3.8, 4) is 5.75 Å². The van der Waals surface area contributed by atoms with Gasteiger partial charge in [-0.05, 0) is 36.3 Å². The monoisotopic (exact) mass is 386 g/mol. The predicted octanol–water partition coefficient (Wildman–Crippen LogP) is 4.32. The van der Waals surface area contributed by atoms with E-state index in [-0.39, 0.29) is 17.3 Å². The van der Waals surface area contributed by atoms with Crippen LogP contribution in [-0.4, -0.2) is 22.3 Å². The summed E-state index contributed by atoms with van der Waals surface area (Å²) in [6, 6.07) is 12.0. The number of carbonyl (C=O) groups excluding carboxylic acids is 1. The molecule has 1 amide bonds. The third-order valence-electron chi connectivity index (χ3n) is 3.85. The third-order valence-corrected chi connectivity index (χ3v) is 5.15. The van der Waals surface area contributed by atoms with Gasteiger partial charge in [0, 0.05) is 6.07 Å². The molecule has 0 aromatic heterocycles. The Balaban J connectivity index is 1.97. The summed E-state index contributed by atoms with van der Waals surface area (Å²) in [5, 5.41) is 11.2. The molecule has 132 valence electrons. The van der Waals surface area contributed by atoms with Crippen molar-refractivity contribution in [2.75, 3.05) is 12.0 Å². The Kier molecular flexibility index (Phi) is 5.06. The van der Waals surface area contributed by atoms with Gasteiger partial charge in [-0.25, -0.2) is 0 Å². The van der Waals surface area contributed by atoms with Gasteiger partial charge >= 0.3 is 5.69 Å². The second kappa shape index (κ2) is 7.27. The van der Waals surface area contributed by atoms with E-state index in [0.717, 1.165) is 11.3 Å². The van der Waals surface area contributed by atoms with Crippen LogP contribution in [0.4, 0.5) is 11.4 Å². The molecule has 1 aliphatic heterocycles. The Morgan fingerprint density at radius 2 is 2.00 bits per heavy atom. The molecule has 0 spiro atoms. The lowest BCUT2D eigenvalue weighted by Crippen LogP contribution is -2.28. The highest BCUT2D eigenvalue weighted by Crippen LogP contribution is 2.38. The summed E-state index contributed by atoms with van der Waals surface area (Å²) < 4.78 is 5.42. The van der Waals surface area contributed by atoms with Gasteiger partial charge in [0.25, 0.3) is 5.91 Å². The number of hydrogen-bond donors (Lipinski definition) is 0. The molecule has 2 aromatic rings. The maximum Gasteiger partial charge on any atom is 0.311 e. The van der Waals surface area contributed by atoms with E-state index in [2.05, 4.69) is 0 Å². The van der Waals surface area contributed by atoms with E-state index >= 15 is 0 Å². The van der Waals surface area contributed by atoms with Crippen molar-refractivity contribution >= 4 is 51.7 Å². The first-order valence-corrected chi connectivity index (χ1v) is 8.81. The van der Waals surface area contributed by atoms with Crippen LogP contribution < -0.4 is 9.64 Å². The number of hydrogen-bond acceptors (Lipinski definition) is 6. The first-order valence-electron chi connectivity index (χ1n) is 7.58. The largest absolute Gasteiger partial charge is 0.490 e. The molecule has 0 radical (unpaired) electrons. The molecule has 0 aliphatic carbocycles. The van der Waals surface area contributed by atoms with E-state index in [1.54, 1.807) is 12.1 Å². The van der Waals surface area contributed by atoms with Crippen molar-refractivity contribution in [3.63, 3.8) is 0 Å². The number of nitrogens with zero attached hydrogens (tertiary/aromatic N) is 2. The number of carbonyl (C=O) groups is 1. The van der Waals surface area contributed by atoms with E-state index in [1.165, 1.54) is 35.9 Å². The summed E-state index contributed by atoms with van der Waals surface area (Å²) in [7, 11) is 1.37. The summed E-state index contributed by atoms with van der Waals surface area (Å²) in [5.74, 6) is -0.0765. The summed E-state index contributed by atoms with van der Waals surface area (Å²) in [4.78, 5) is 25.4. The van der Waals surface area contributed by atoms with Gasteiger partial charge in [-0.1, -0.05) is 48.2 Å². The van der Waals surface area contributed by atoms with Gasteiger partial charge < -0.3 is 4.74 Å². The Bertz CT molecular complexity index is 956. The quantitative estimate of drug-likeness (QED) is 0.337. The summed E-state index contributed by atoms with van der Waals surface area (Å²) in [6.45, 7) is 1.91. The zero-order chi connectivity index (χ0) is 18.8. The first kappa shape index (κ1) is 18.1. The van der Waals surface area contributed by atoms with Crippen LogP contribution >= 0.6 is 24.0 Å². The number of benzene rings is 2. The summed E-state index contributed by atoms with van der Waals surface area (Å²) in [6.07, 6.45) is 1.60. The Morgan fingerprint density at radius 3 is 2.65 bits per heavy atom. The van der Waals surface area contributed by atoms with E-state index in [9.17, 15) is 14.9 Å². The van der Waals surface area contributed by atoms with Gasteiger partial charge in [0.15, 0.2) is 10.1 Å². The minimum absolute atomic E-state index is 0.157. The summed E-state index contributed by atoms with van der Waals surface area (Å²) in [5.41, 5.74) is 2.04. The highest BCUT2D eigenvalue weighted by molar-refractivity contribution is 8.27. The minimum atomic E-state index is -0.519. The van der Waals surface area contributed by atoms with Crippen molar-refractivity contribution in [3.05, 3.63) is 68.6 Å². The molecular formula is C18H14N2O4S2. The average molecular weight is 386 g/mol. The van der Waals surface area contributed by atoms with Gasteiger partial charge in [-0.15, -0.1) is 0 Å². The number of nitro groups is 1. The van der Waals surface area contributed by atoms with E-state index in [0.29, 0.717) is 14.8 Å². The Hall–Kier alpha value is -2.71. The molecule has 1 aliphatic rings. The molecule has 0 saturated carbocycles. The first-order chi connectivity index (χ1) is 12.4. The molecule has 1 saturated heterocycles. The fourth-order valence-corrected chi connectivity index (χ4v) is 3.87. The van der Waals surface area contributed by atoms with E-state index < -0.39 is 4.92 Å². The molecule has 3 rings (SSSR count). The molecule has 2 aromatic carbocycles. The number of aryl methyl sites for hydroxylation is 1. The molecule has 0 bridgehead atoms. The maximum absolute atomic E-state index is 12.8. The van der Waals surface area contributed by atoms with Crippen LogP contribution in [-0.2, 0) is 4.79 Å². The highest BCUT2D eigenvalue weighted by atomic mass is 32.2. The fourth-order valence-electron chi connectivity index (χ4n) is 2.58. The van der Waals surface area contributed by atoms with Crippen LogP contribution in [0.1, 0.15) is 11.1 Å². The molecule has 1 heterocycles. The average Bonchev–Trinajstić information content (AvgIpc) is 2.89. The third kappa shape index (κ3) is 3.33. The van der Waals surface area contributed by atoms with E-state index in [4.69, 9.17) is 17.0 Å². The second-order valence-electron chi connectivity index (χ2n) is 5.49. The molecule has 0 N–H and O–H groups in total.